The van der Waals surface area contributed by atoms with Crippen LogP contribution in [-0.2, 0) is 9.53 Å². The lowest BCUT2D eigenvalue weighted by molar-refractivity contribution is -0.124. The van der Waals surface area contributed by atoms with Crippen molar-refractivity contribution in [1.29, 1.82) is 5.26 Å². The highest BCUT2D eigenvalue weighted by Gasteiger charge is 2.31. The first-order valence-corrected chi connectivity index (χ1v) is 7.09. The Bertz CT molecular complexity index is 580. The Balaban J connectivity index is 2.42. The van der Waals surface area contributed by atoms with Crippen molar-refractivity contribution in [1.82, 2.24) is 10.3 Å². The van der Waals surface area contributed by atoms with Gasteiger partial charge < -0.3 is 15.0 Å². The van der Waals surface area contributed by atoms with E-state index in [0.29, 0.717) is 37.6 Å². The average Bonchev–Trinajstić information content (AvgIpc) is 2.47. The van der Waals surface area contributed by atoms with Crippen LogP contribution < -0.4 is 10.2 Å². The van der Waals surface area contributed by atoms with Crippen molar-refractivity contribution >= 4 is 11.6 Å². The molecule has 1 fully saturated rings. The highest BCUT2D eigenvalue weighted by Crippen LogP contribution is 2.26. The van der Waals surface area contributed by atoms with Crippen LogP contribution in [0.3, 0.4) is 0 Å². The third kappa shape index (κ3) is 3.14. The van der Waals surface area contributed by atoms with Gasteiger partial charge in [-0.1, -0.05) is 0 Å². The first-order valence-electron chi connectivity index (χ1n) is 7.09. The lowest BCUT2D eigenvalue weighted by Gasteiger charge is -2.37. The zero-order chi connectivity index (χ0) is 15.4. The van der Waals surface area contributed by atoms with E-state index < -0.39 is 6.04 Å². The van der Waals surface area contributed by atoms with Gasteiger partial charge in [0.1, 0.15) is 12.1 Å². The van der Waals surface area contributed by atoms with E-state index in [1.165, 1.54) is 0 Å². The number of carbonyl (C=O) groups is 1. The summed E-state index contributed by atoms with van der Waals surface area (Å²) < 4.78 is 5.43. The number of anilines is 1. The van der Waals surface area contributed by atoms with Crippen molar-refractivity contribution in [2.45, 2.75) is 26.8 Å². The van der Waals surface area contributed by atoms with Gasteiger partial charge in [0, 0.05) is 18.8 Å². The van der Waals surface area contributed by atoms with Crippen molar-refractivity contribution in [3.63, 3.8) is 0 Å². The number of aromatic nitrogens is 1. The normalized spacial score (nSPS) is 18.2. The first-order chi connectivity index (χ1) is 10.1. The summed E-state index contributed by atoms with van der Waals surface area (Å²) in [5, 5.41) is 12.2. The predicted octanol–water partition coefficient (Wildman–Crippen LogP) is 0.911. The number of nitriles is 1. The smallest absolute Gasteiger partial charge is 0.245 e. The number of ether oxygens (including phenoxy) is 1. The number of pyridine rings is 1. The van der Waals surface area contributed by atoms with Gasteiger partial charge in [-0.2, -0.15) is 5.26 Å². The zero-order valence-electron chi connectivity index (χ0n) is 12.6. The van der Waals surface area contributed by atoms with E-state index in [2.05, 4.69) is 16.4 Å². The molecule has 112 valence electrons. The average molecular weight is 288 g/mol. The van der Waals surface area contributed by atoms with Crippen molar-refractivity contribution in [3.8, 4) is 6.07 Å². The first kappa shape index (κ1) is 15.3. The van der Waals surface area contributed by atoms with Gasteiger partial charge in [-0.25, -0.2) is 0 Å². The number of hydrogen-bond donors (Lipinski definition) is 1. The number of nitrogens with one attached hydrogen (secondary N) is 1. The van der Waals surface area contributed by atoms with Crippen LogP contribution in [0.25, 0.3) is 0 Å². The molecule has 6 nitrogen and oxygen atoms in total. The van der Waals surface area contributed by atoms with E-state index in [1.807, 2.05) is 31.7 Å². The number of hydrogen-bond acceptors (Lipinski definition) is 5. The molecule has 0 aromatic carbocycles. The minimum absolute atomic E-state index is 0.0757. The van der Waals surface area contributed by atoms with Gasteiger partial charge in [-0.05, 0) is 26.8 Å². The number of amides is 1. The zero-order valence-corrected chi connectivity index (χ0v) is 12.6. The fourth-order valence-electron chi connectivity index (χ4n) is 2.57. The summed E-state index contributed by atoms with van der Waals surface area (Å²) in [6.07, 6.45) is 0. The van der Waals surface area contributed by atoms with Crippen molar-refractivity contribution in [2.24, 2.45) is 0 Å². The Morgan fingerprint density at radius 3 is 3.05 bits per heavy atom. The van der Waals surface area contributed by atoms with Crippen LogP contribution in [0.2, 0.25) is 0 Å². The largest absolute Gasteiger partial charge is 0.377 e. The van der Waals surface area contributed by atoms with Gasteiger partial charge in [0.2, 0.25) is 5.91 Å². The molecule has 1 amide bonds. The molecule has 1 aromatic heterocycles. The van der Waals surface area contributed by atoms with Gasteiger partial charge in [-0.15, -0.1) is 0 Å². The van der Waals surface area contributed by atoms with Crippen LogP contribution in [0.5, 0.6) is 0 Å². The molecule has 6 heteroatoms. The summed E-state index contributed by atoms with van der Waals surface area (Å²) in [6.45, 7) is 7.61. The lowest BCUT2D eigenvalue weighted by Crippen LogP contribution is -2.54. The second-order valence-corrected chi connectivity index (χ2v) is 5.03. The fourth-order valence-corrected chi connectivity index (χ4v) is 2.57. The third-order valence-corrected chi connectivity index (χ3v) is 3.51. The molecule has 0 bridgehead atoms. The number of aryl methyl sites for hydroxylation is 2. The number of carbonyl (C=O) groups excluding carboxylic acids is 1. The molecule has 1 atom stereocenters. The fraction of sp³-hybridized carbons (Fsp3) is 0.533. The second-order valence-electron chi connectivity index (χ2n) is 5.03. The second kappa shape index (κ2) is 6.55. The van der Waals surface area contributed by atoms with Crippen LogP contribution in [0, 0.1) is 25.2 Å². The van der Waals surface area contributed by atoms with Crippen LogP contribution in [0.15, 0.2) is 6.07 Å². The van der Waals surface area contributed by atoms with E-state index in [1.54, 1.807) is 0 Å². The number of rotatable bonds is 3. The SMILES string of the molecule is CCNC(=O)C1COCCN1c1cc(C)nc(C)c1C#N. The summed E-state index contributed by atoms with van der Waals surface area (Å²) in [7, 11) is 0. The van der Waals surface area contributed by atoms with Crippen molar-refractivity contribution in [2.75, 3.05) is 31.2 Å². The molecule has 0 spiro atoms. The van der Waals surface area contributed by atoms with Gasteiger partial charge in [-0.3, -0.25) is 9.78 Å². The Labute approximate surface area is 124 Å². The Morgan fingerprint density at radius 1 is 1.62 bits per heavy atom. The monoisotopic (exact) mass is 288 g/mol. The summed E-state index contributed by atoms with van der Waals surface area (Å²) in [5.41, 5.74) is 2.81. The van der Waals surface area contributed by atoms with Crippen LogP contribution in [0.4, 0.5) is 5.69 Å². The van der Waals surface area contributed by atoms with Crippen LogP contribution in [0.1, 0.15) is 23.9 Å². The Kier molecular flexibility index (Phi) is 4.76. The molecular weight excluding hydrogens is 268 g/mol. The molecule has 1 aliphatic heterocycles. The molecule has 1 unspecified atom stereocenters. The summed E-state index contributed by atoms with van der Waals surface area (Å²) in [5.74, 6) is -0.0757. The molecule has 1 saturated heterocycles. The molecule has 1 aromatic rings. The van der Waals surface area contributed by atoms with Gasteiger partial charge in [0.15, 0.2) is 0 Å². The molecular formula is C15H20N4O2. The molecule has 1 aliphatic rings. The van der Waals surface area contributed by atoms with Gasteiger partial charge in [0.25, 0.3) is 0 Å². The van der Waals surface area contributed by atoms with E-state index in [-0.39, 0.29) is 5.91 Å². The van der Waals surface area contributed by atoms with Gasteiger partial charge in [0.05, 0.1) is 30.2 Å². The topological polar surface area (TPSA) is 78.2 Å². The molecule has 0 radical (unpaired) electrons. The number of nitrogens with zero attached hydrogens (tertiary/aromatic N) is 3. The maximum atomic E-state index is 12.2. The molecule has 0 aliphatic carbocycles. The highest BCUT2D eigenvalue weighted by molar-refractivity contribution is 5.86. The highest BCUT2D eigenvalue weighted by atomic mass is 16.5. The van der Waals surface area contributed by atoms with E-state index in [0.717, 1.165) is 11.4 Å². The van der Waals surface area contributed by atoms with Crippen molar-refractivity contribution in [3.05, 3.63) is 23.0 Å². The van der Waals surface area contributed by atoms with Crippen LogP contribution in [-0.4, -0.2) is 43.2 Å². The number of morpholine rings is 1. The summed E-state index contributed by atoms with van der Waals surface area (Å²) in [6, 6.07) is 3.66. The third-order valence-electron chi connectivity index (χ3n) is 3.51. The molecule has 2 heterocycles. The molecule has 21 heavy (non-hydrogen) atoms. The van der Waals surface area contributed by atoms with Crippen molar-refractivity contribution < 1.29 is 9.53 Å². The Hall–Kier alpha value is -2.13. The summed E-state index contributed by atoms with van der Waals surface area (Å²) in [4.78, 5) is 18.5. The molecule has 0 saturated carbocycles. The van der Waals surface area contributed by atoms with Crippen LogP contribution >= 0.6 is 0 Å². The maximum Gasteiger partial charge on any atom is 0.245 e. The minimum atomic E-state index is -0.410. The minimum Gasteiger partial charge on any atom is -0.377 e. The molecule has 1 N–H and O–H groups in total. The van der Waals surface area contributed by atoms with E-state index in [9.17, 15) is 10.1 Å². The van der Waals surface area contributed by atoms with E-state index in [4.69, 9.17) is 4.74 Å². The maximum absolute atomic E-state index is 12.2. The summed E-state index contributed by atoms with van der Waals surface area (Å²) >= 11 is 0. The standard InChI is InChI=1S/C15H20N4O2/c1-4-17-15(20)14-9-21-6-5-19(14)13-7-10(2)18-11(3)12(13)8-16/h7,14H,4-6,9H2,1-3H3,(H,17,20). The van der Waals surface area contributed by atoms with Gasteiger partial charge >= 0.3 is 0 Å². The predicted molar refractivity (Wildman–Crippen MR) is 79.1 cm³/mol. The Morgan fingerprint density at radius 2 is 2.38 bits per heavy atom. The lowest BCUT2D eigenvalue weighted by atomic mass is 10.1. The quantitative estimate of drug-likeness (QED) is 0.894. The number of likely N-dealkylation sites (N-methyl/N-ethyl adjacent to an activating group) is 1. The molecule has 2 rings (SSSR count). The van der Waals surface area contributed by atoms with E-state index >= 15 is 0 Å².